The molecular formula is C13H13N5O. The van der Waals surface area contributed by atoms with Crippen molar-refractivity contribution in [2.75, 3.05) is 0 Å². The molecule has 3 rings (SSSR count). The minimum absolute atomic E-state index is 0.137. The Bertz CT molecular complexity index is 713. The molecule has 0 aliphatic carbocycles. The normalized spacial score (nSPS) is 10.8. The largest absolute Gasteiger partial charge is 0.348 e. The lowest BCUT2D eigenvalue weighted by Gasteiger charge is -2.04. The quantitative estimate of drug-likeness (QED) is 0.759. The van der Waals surface area contributed by atoms with E-state index in [0.29, 0.717) is 12.1 Å². The molecule has 0 aromatic carbocycles. The summed E-state index contributed by atoms with van der Waals surface area (Å²) >= 11 is 0. The van der Waals surface area contributed by atoms with E-state index in [1.807, 2.05) is 24.0 Å². The van der Waals surface area contributed by atoms with Gasteiger partial charge in [0.05, 0.1) is 11.8 Å². The molecule has 0 atom stereocenters. The van der Waals surface area contributed by atoms with Crippen LogP contribution in [-0.4, -0.2) is 25.1 Å². The van der Waals surface area contributed by atoms with E-state index >= 15 is 0 Å². The van der Waals surface area contributed by atoms with Crippen molar-refractivity contribution in [3.05, 3.63) is 54.2 Å². The van der Waals surface area contributed by atoms with Gasteiger partial charge in [0.2, 0.25) is 0 Å². The van der Waals surface area contributed by atoms with Gasteiger partial charge in [0.25, 0.3) is 5.91 Å². The standard InChI is InChI=1S/C13H13N5O/c1-17-5-6-18-13(17)11(9-16-18)8-15-12(19)10-3-2-4-14-7-10/h2-7,9H,8H2,1H3,(H,15,19). The Hall–Kier alpha value is -2.63. The van der Waals surface area contributed by atoms with Crippen molar-refractivity contribution >= 4 is 11.6 Å². The Morgan fingerprint density at radius 2 is 2.26 bits per heavy atom. The Balaban J connectivity index is 1.76. The highest BCUT2D eigenvalue weighted by atomic mass is 16.1. The topological polar surface area (TPSA) is 64.2 Å². The summed E-state index contributed by atoms with van der Waals surface area (Å²) in [5.41, 5.74) is 2.51. The fraction of sp³-hybridized carbons (Fsp3) is 0.154. The van der Waals surface area contributed by atoms with Gasteiger partial charge in [-0.2, -0.15) is 5.10 Å². The molecule has 1 N–H and O–H groups in total. The van der Waals surface area contributed by atoms with Gasteiger partial charge >= 0.3 is 0 Å². The van der Waals surface area contributed by atoms with Crippen molar-refractivity contribution in [1.82, 2.24) is 24.5 Å². The smallest absolute Gasteiger partial charge is 0.253 e. The molecule has 0 aliphatic rings. The zero-order valence-corrected chi connectivity index (χ0v) is 10.4. The van der Waals surface area contributed by atoms with Crippen LogP contribution in [0.4, 0.5) is 0 Å². The van der Waals surface area contributed by atoms with Gasteiger partial charge in [-0.15, -0.1) is 0 Å². The van der Waals surface area contributed by atoms with Crippen LogP contribution in [-0.2, 0) is 13.6 Å². The summed E-state index contributed by atoms with van der Waals surface area (Å²) in [5.74, 6) is -0.137. The number of nitrogens with one attached hydrogen (secondary N) is 1. The molecule has 3 aromatic rings. The number of aromatic nitrogens is 4. The molecule has 1 amide bonds. The highest BCUT2D eigenvalue weighted by Crippen LogP contribution is 2.10. The first-order chi connectivity index (χ1) is 9.25. The Labute approximate surface area is 109 Å². The molecule has 6 nitrogen and oxygen atoms in total. The maximum atomic E-state index is 11.9. The SMILES string of the molecule is Cn1ccn2ncc(CNC(=O)c3cccnc3)c12. The van der Waals surface area contributed by atoms with E-state index in [9.17, 15) is 4.79 Å². The minimum atomic E-state index is -0.137. The van der Waals surface area contributed by atoms with Gasteiger partial charge in [0.1, 0.15) is 5.65 Å². The van der Waals surface area contributed by atoms with Gasteiger partial charge in [-0.25, -0.2) is 4.52 Å². The van der Waals surface area contributed by atoms with Gasteiger partial charge in [0.15, 0.2) is 0 Å². The second-order valence-electron chi connectivity index (χ2n) is 4.27. The van der Waals surface area contributed by atoms with E-state index in [0.717, 1.165) is 11.2 Å². The van der Waals surface area contributed by atoms with E-state index in [-0.39, 0.29) is 5.91 Å². The monoisotopic (exact) mass is 255 g/mol. The molecule has 19 heavy (non-hydrogen) atoms. The molecule has 0 radical (unpaired) electrons. The van der Waals surface area contributed by atoms with Crippen molar-refractivity contribution in [2.45, 2.75) is 6.54 Å². The first kappa shape index (κ1) is 11.5. The first-order valence-corrected chi connectivity index (χ1v) is 5.91. The number of fused-ring (bicyclic) bond motifs is 1. The minimum Gasteiger partial charge on any atom is -0.348 e. The van der Waals surface area contributed by atoms with Crippen molar-refractivity contribution < 1.29 is 4.79 Å². The van der Waals surface area contributed by atoms with Crippen molar-refractivity contribution in [3.63, 3.8) is 0 Å². The van der Waals surface area contributed by atoms with Crippen LogP contribution in [0.15, 0.2) is 43.1 Å². The number of aryl methyl sites for hydroxylation is 1. The summed E-state index contributed by atoms with van der Waals surface area (Å²) in [7, 11) is 1.95. The molecule has 0 fully saturated rings. The van der Waals surface area contributed by atoms with Gasteiger partial charge in [-0.1, -0.05) is 0 Å². The molecule has 0 spiro atoms. The van der Waals surface area contributed by atoms with Crippen molar-refractivity contribution in [3.8, 4) is 0 Å². The zero-order valence-electron chi connectivity index (χ0n) is 10.4. The number of amides is 1. The van der Waals surface area contributed by atoms with E-state index in [1.165, 1.54) is 0 Å². The third kappa shape index (κ3) is 2.08. The van der Waals surface area contributed by atoms with Crippen LogP contribution in [0.3, 0.4) is 0 Å². The van der Waals surface area contributed by atoms with Crippen LogP contribution in [0.25, 0.3) is 5.65 Å². The van der Waals surface area contributed by atoms with E-state index in [4.69, 9.17) is 0 Å². The summed E-state index contributed by atoms with van der Waals surface area (Å²) in [6, 6.07) is 3.47. The lowest BCUT2D eigenvalue weighted by atomic mass is 10.2. The molecule has 3 heterocycles. The molecule has 0 bridgehead atoms. The number of imidazole rings is 1. The average molecular weight is 255 g/mol. The van der Waals surface area contributed by atoms with Gasteiger partial charge in [0, 0.05) is 43.9 Å². The fourth-order valence-electron chi connectivity index (χ4n) is 2.02. The van der Waals surface area contributed by atoms with Crippen LogP contribution in [0.5, 0.6) is 0 Å². The van der Waals surface area contributed by atoms with Crippen LogP contribution >= 0.6 is 0 Å². The molecule has 96 valence electrons. The van der Waals surface area contributed by atoms with E-state index in [1.54, 1.807) is 35.2 Å². The van der Waals surface area contributed by atoms with Crippen LogP contribution in [0, 0.1) is 0 Å². The van der Waals surface area contributed by atoms with Gasteiger partial charge in [-0.3, -0.25) is 9.78 Å². The number of carbonyl (C=O) groups is 1. The lowest BCUT2D eigenvalue weighted by molar-refractivity contribution is 0.0950. The van der Waals surface area contributed by atoms with Crippen LogP contribution in [0.1, 0.15) is 15.9 Å². The maximum Gasteiger partial charge on any atom is 0.253 e. The summed E-state index contributed by atoms with van der Waals surface area (Å²) < 4.78 is 3.75. The van der Waals surface area contributed by atoms with E-state index in [2.05, 4.69) is 15.4 Å². The maximum absolute atomic E-state index is 11.9. The highest BCUT2D eigenvalue weighted by Gasteiger charge is 2.09. The van der Waals surface area contributed by atoms with E-state index < -0.39 is 0 Å². The number of pyridine rings is 1. The number of rotatable bonds is 3. The molecule has 6 heteroatoms. The van der Waals surface area contributed by atoms with Crippen molar-refractivity contribution in [2.24, 2.45) is 7.05 Å². The number of carbonyl (C=O) groups excluding carboxylic acids is 1. The summed E-state index contributed by atoms with van der Waals surface area (Å²) in [6.07, 6.45) is 8.75. The van der Waals surface area contributed by atoms with Crippen LogP contribution in [0.2, 0.25) is 0 Å². The number of hydrogen-bond acceptors (Lipinski definition) is 3. The third-order valence-corrected chi connectivity index (χ3v) is 2.97. The molecule has 0 saturated carbocycles. The third-order valence-electron chi connectivity index (χ3n) is 2.97. The summed E-state index contributed by atoms with van der Waals surface area (Å²) in [5, 5.41) is 7.09. The average Bonchev–Trinajstić information content (AvgIpc) is 3.01. The second-order valence-corrected chi connectivity index (χ2v) is 4.27. The predicted octanol–water partition coefficient (Wildman–Crippen LogP) is 0.998. The molecule has 0 aliphatic heterocycles. The van der Waals surface area contributed by atoms with Crippen molar-refractivity contribution in [1.29, 1.82) is 0 Å². The van der Waals surface area contributed by atoms with Gasteiger partial charge in [-0.05, 0) is 12.1 Å². The molecular weight excluding hydrogens is 242 g/mol. The Morgan fingerprint density at radius 1 is 1.37 bits per heavy atom. The Morgan fingerprint density at radius 3 is 3.05 bits per heavy atom. The fourth-order valence-corrected chi connectivity index (χ4v) is 2.02. The Kier molecular flexibility index (Phi) is 2.75. The zero-order chi connectivity index (χ0) is 13.2. The number of nitrogens with zero attached hydrogens (tertiary/aromatic N) is 4. The first-order valence-electron chi connectivity index (χ1n) is 5.91. The summed E-state index contributed by atoms with van der Waals surface area (Å²) in [6.45, 7) is 0.440. The second kappa shape index (κ2) is 4.56. The van der Waals surface area contributed by atoms with Crippen LogP contribution < -0.4 is 5.32 Å². The van der Waals surface area contributed by atoms with Gasteiger partial charge < -0.3 is 9.88 Å². The molecule has 0 unspecified atom stereocenters. The highest BCUT2D eigenvalue weighted by molar-refractivity contribution is 5.93. The predicted molar refractivity (Wildman–Crippen MR) is 69.6 cm³/mol. The molecule has 0 saturated heterocycles. The summed E-state index contributed by atoms with van der Waals surface area (Å²) in [4.78, 5) is 15.8. The number of hydrogen-bond donors (Lipinski definition) is 1. The molecule has 3 aromatic heterocycles. The lowest BCUT2D eigenvalue weighted by Crippen LogP contribution is -2.22.